The Hall–Kier alpha value is -3.10. The van der Waals surface area contributed by atoms with E-state index in [0.29, 0.717) is 5.69 Å². The SMILES string of the molecule is [2H]c1c([2H])c([2H])c(-c2c([2H])c([2H])c([2H])c(Nc3ccc4c(c3)sc3ccccc34)c2[2H])c([2H])c1[2H]. The molecule has 1 nitrogen and oxygen atoms in total. The lowest BCUT2D eigenvalue weighted by molar-refractivity contribution is 1.56. The molecule has 1 N–H and O–H groups in total. The van der Waals surface area contributed by atoms with Gasteiger partial charge in [0, 0.05) is 31.5 Å². The Labute approximate surface area is 169 Å². The standard InChI is InChI=1S/C24H17NS/c1-2-7-17(8-3-1)18-9-6-10-19(15-18)25-20-13-14-22-21-11-4-5-12-23(21)26-24(22)16-20/h1-16,25H/i1D,2D,3D,6D,7D,8D,9D,10D,15D. The van der Waals surface area contributed by atoms with Crippen LogP contribution in [-0.4, -0.2) is 0 Å². The zero-order valence-corrected chi connectivity index (χ0v) is 14.3. The van der Waals surface area contributed by atoms with Crippen LogP contribution >= 0.6 is 11.3 Å². The van der Waals surface area contributed by atoms with E-state index in [9.17, 15) is 0 Å². The quantitative estimate of drug-likeness (QED) is 0.352. The zero-order valence-electron chi connectivity index (χ0n) is 22.4. The minimum absolute atomic E-state index is 0.0757. The molecule has 0 atom stereocenters. The van der Waals surface area contributed by atoms with Crippen molar-refractivity contribution < 1.29 is 12.3 Å². The van der Waals surface area contributed by atoms with E-state index in [0.717, 1.165) is 20.2 Å². The highest BCUT2D eigenvalue weighted by atomic mass is 32.1. The van der Waals surface area contributed by atoms with Crippen molar-refractivity contribution in [3.63, 3.8) is 0 Å². The average Bonchev–Trinajstić information content (AvgIpc) is 3.22. The summed E-state index contributed by atoms with van der Waals surface area (Å²) in [5.41, 5.74) is -0.126. The van der Waals surface area contributed by atoms with Crippen LogP contribution in [0.25, 0.3) is 31.3 Å². The van der Waals surface area contributed by atoms with Crippen LogP contribution in [0.2, 0.25) is 0 Å². The minimum Gasteiger partial charge on any atom is -0.355 e. The fourth-order valence-electron chi connectivity index (χ4n) is 2.85. The van der Waals surface area contributed by atoms with Gasteiger partial charge in [0.1, 0.15) is 0 Å². The molecule has 1 heterocycles. The fraction of sp³-hybridized carbons (Fsp3) is 0. The third kappa shape index (κ3) is 2.75. The molecule has 5 rings (SSSR count). The molecule has 0 saturated heterocycles. The molecule has 4 aromatic carbocycles. The first-order chi connectivity index (χ1) is 16.6. The first-order valence-electron chi connectivity index (χ1n) is 12.5. The topological polar surface area (TPSA) is 12.0 Å². The summed E-state index contributed by atoms with van der Waals surface area (Å²) in [4.78, 5) is 0. The van der Waals surface area contributed by atoms with Gasteiger partial charge in [-0.2, -0.15) is 0 Å². The number of hydrogen-bond donors (Lipinski definition) is 1. The van der Waals surface area contributed by atoms with Gasteiger partial charge in [0.2, 0.25) is 0 Å². The maximum Gasteiger partial charge on any atom is 0.0651 e. The number of hydrogen-bond acceptors (Lipinski definition) is 2. The second-order valence-electron chi connectivity index (χ2n) is 5.68. The number of benzene rings is 4. The van der Waals surface area contributed by atoms with Crippen LogP contribution in [0.4, 0.5) is 11.4 Å². The van der Waals surface area contributed by atoms with Gasteiger partial charge in [-0.15, -0.1) is 11.3 Å². The molecule has 1 aromatic heterocycles. The number of rotatable bonds is 3. The van der Waals surface area contributed by atoms with E-state index in [1.165, 1.54) is 0 Å². The van der Waals surface area contributed by atoms with Gasteiger partial charge in [-0.3, -0.25) is 0 Å². The van der Waals surface area contributed by atoms with Gasteiger partial charge in [-0.05, 0) is 41.4 Å². The lowest BCUT2D eigenvalue weighted by atomic mass is 10.1. The van der Waals surface area contributed by atoms with Gasteiger partial charge in [0.25, 0.3) is 0 Å². The summed E-state index contributed by atoms with van der Waals surface area (Å²) >= 11 is 1.60. The highest BCUT2D eigenvalue weighted by Gasteiger charge is 2.06. The van der Waals surface area contributed by atoms with Crippen LogP contribution in [0.3, 0.4) is 0 Å². The monoisotopic (exact) mass is 360 g/mol. The molecule has 0 aliphatic heterocycles. The number of anilines is 2. The van der Waals surface area contributed by atoms with Crippen LogP contribution < -0.4 is 5.32 Å². The van der Waals surface area contributed by atoms with Gasteiger partial charge in [-0.25, -0.2) is 0 Å². The van der Waals surface area contributed by atoms with Crippen molar-refractivity contribution in [1.29, 1.82) is 0 Å². The summed E-state index contributed by atoms with van der Waals surface area (Å²) < 4.78 is 76.1. The van der Waals surface area contributed by atoms with E-state index in [1.807, 2.05) is 36.4 Å². The van der Waals surface area contributed by atoms with Crippen LogP contribution in [0.1, 0.15) is 12.3 Å². The Morgan fingerprint density at radius 1 is 0.692 bits per heavy atom. The summed E-state index contributed by atoms with van der Waals surface area (Å²) in [5, 5.41) is 5.20. The molecule has 0 aliphatic carbocycles. The largest absolute Gasteiger partial charge is 0.355 e. The number of fused-ring (bicyclic) bond motifs is 3. The predicted molar refractivity (Wildman–Crippen MR) is 114 cm³/mol. The Kier molecular flexibility index (Phi) is 2.07. The molecule has 26 heavy (non-hydrogen) atoms. The van der Waals surface area contributed by atoms with E-state index in [-0.39, 0.29) is 28.9 Å². The second-order valence-corrected chi connectivity index (χ2v) is 6.77. The van der Waals surface area contributed by atoms with Crippen molar-refractivity contribution >= 4 is 42.9 Å². The predicted octanol–water partition coefficient (Wildman–Crippen LogP) is 7.47. The molecule has 5 aromatic rings. The van der Waals surface area contributed by atoms with Crippen molar-refractivity contribution in [3.05, 3.63) is 96.8 Å². The maximum absolute atomic E-state index is 8.73. The smallest absolute Gasteiger partial charge is 0.0651 e. The van der Waals surface area contributed by atoms with E-state index in [2.05, 4.69) is 5.32 Å². The fourth-order valence-corrected chi connectivity index (χ4v) is 4.00. The summed E-state index contributed by atoms with van der Waals surface area (Å²) in [7, 11) is 0. The van der Waals surface area contributed by atoms with E-state index in [4.69, 9.17) is 12.3 Å². The van der Waals surface area contributed by atoms with Crippen molar-refractivity contribution in [2.45, 2.75) is 0 Å². The second kappa shape index (κ2) is 6.32. The molecule has 0 fully saturated rings. The summed E-state index contributed by atoms with van der Waals surface area (Å²) in [6.07, 6.45) is 0. The molecule has 0 amide bonds. The van der Waals surface area contributed by atoms with E-state index < -0.39 is 42.3 Å². The summed E-state index contributed by atoms with van der Waals surface area (Å²) in [6.45, 7) is 0. The molecule has 0 bridgehead atoms. The van der Waals surface area contributed by atoms with Crippen LogP contribution in [0.5, 0.6) is 0 Å². The van der Waals surface area contributed by atoms with E-state index >= 15 is 0 Å². The van der Waals surface area contributed by atoms with Crippen molar-refractivity contribution in [1.82, 2.24) is 0 Å². The average molecular weight is 361 g/mol. The third-order valence-electron chi connectivity index (χ3n) is 4.02. The highest BCUT2D eigenvalue weighted by molar-refractivity contribution is 7.25. The van der Waals surface area contributed by atoms with Crippen molar-refractivity contribution in [2.24, 2.45) is 0 Å². The summed E-state index contributed by atoms with van der Waals surface area (Å²) in [6, 6.07) is 8.91. The van der Waals surface area contributed by atoms with E-state index in [1.54, 1.807) is 17.4 Å². The maximum atomic E-state index is 8.73. The number of nitrogens with one attached hydrogen (secondary N) is 1. The molecule has 0 spiro atoms. The van der Waals surface area contributed by atoms with Gasteiger partial charge in [-0.1, -0.05) is 66.6 Å². The number of thiophene rings is 1. The van der Waals surface area contributed by atoms with Crippen LogP contribution in [0.15, 0.2) is 96.8 Å². The lowest BCUT2D eigenvalue weighted by Gasteiger charge is -2.09. The van der Waals surface area contributed by atoms with Gasteiger partial charge in [0.15, 0.2) is 0 Å². The Morgan fingerprint density at radius 2 is 1.50 bits per heavy atom. The molecule has 0 radical (unpaired) electrons. The highest BCUT2D eigenvalue weighted by Crippen LogP contribution is 2.35. The van der Waals surface area contributed by atoms with Gasteiger partial charge >= 0.3 is 0 Å². The summed E-state index contributed by atoms with van der Waals surface area (Å²) in [5.74, 6) is 0. The lowest BCUT2D eigenvalue weighted by Crippen LogP contribution is -1.90. The third-order valence-corrected chi connectivity index (χ3v) is 5.16. The minimum atomic E-state index is -0.592. The van der Waals surface area contributed by atoms with Crippen molar-refractivity contribution in [2.75, 3.05) is 5.32 Å². The Bertz CT molecular complexity index is 1650. The molecule has 0 aliphatic rings. The molecular weight excluding hydrogens is 334 g/mol. The molecular formula is C24H17NS. The molecule has 0 unspecified atom stereocenters. The molecule has 0 saturated carbocycles. The Balaban J connectivity index is 1.70. The molecule has 124 valence electrons. The normalized spacial score (nSPS) is 15.9. The molecule has 2 heteroatoms. The first-order valence-corrected chi connectivity index (χ1v) is 8.79. The van der Waals surface area contributed by atoms with Gasteiger partial charge < -0.3 is 5.32 Å². The Morgan fingerprint density at radius 3 is 2.42 bits per heavy atom. The van der Waals surface area contributed by atoms with Crippen LogP contribution in [0, 0.1) is 0 Å². The van der Waals surface area contributed by atoms with Crippen LogP contribution in [-0.2, 0) is 0 Å². The van der Waals surface area contributed by atoms with Crippen molar-refractivity contribution in [3.8, 4) is 11.1 Å². The zero-order chi connectivity index (χ0) is 25.2. The van der Waals surface area contributed by atoms with Gasteiger partial charge in [0.05, 0.1) is 12.3 Å². The first kappa shape index (κ1) is 8.52.